The fourth-order valence-corrected chi connectivity index (χ4v) is 3.62. The van der Waals surface area contributed by atoms with E-state index >= 15 is 0 Å². The van der Waals surface area contributed by atoms with Crippen LogP contribution in [-0.4, -0.2) is 76.0 Å². The average molecular weight is 368 g/mol. The van der Waals surface area contributed by atoms with E-state index in [4.69, 9.17) is 5.73 Å². The molecule has 5 atom stereocenters. The van der Waals surface area contributed by atoms with Gasteiger partial charge >= 0.3 is 0 Å². The number of nitrogens with two attached hydrogens (primary N) is 1. The minimum Gasteiger partial charge on any atom is -0.391 e. The monoisotopic (exact) mass is 368 g/mol. The molecule has 8 nitrogen and oxygen atoms in total. The van der Waals surface area contributed by atoms with E-state index in [1.165, 1.54) is 11.8 Å². The highest BCUT2D eigenvalue weighted by atomic mass is 16.3. The molecule has 2 aliphatic heterocycles. The number of hydrogen-bond donors (Lipinski definition) is 3. The van der Waals surface area contributed by atoms with Gasteiger partial charge in [-0.1, -0.05) is 6.92 Å². The lowest BCUT2D eigenvalue weighted by Gasteiger charge is -2.32. The number of nitrogens with one attached hydrogen (secondary N) is 1. The average Bonchev–Trinajstić information content (AvgIpc) is 3.28. The first-order valence-corrected chi connectivity index (χ1v) is 9.62. The van der Waals surface area contributed by atoms with Gasteiger partial charge in [0.15, 0.2) is 0 Å². The lowest BCUT2D eigenvalue weighted by molar-refractivity contribution is -0.148. The van der Waals surface area contributed by atoms with Gasteiger partial charge in [-0.15, -0.1) is 0 Å². The molecule has 8 heteroatoms. The van der Waals surface area contributed by atoms with Crippen molar-refractivity contribution in [1.82, 2.24) is 15.1 Å². The van der Waals surface area contributed by atoms with Gasteiger partial charge in [0.2, 0.25) is 17.7 Å². The van der Waals surface area contributed by atoms with Crippen LogP contribution in [0.25, 0.3) is 0 Å². The Morgan fingerprint density at radius 1 is 1.12 bits per heavy atom. The summed E-state index contributed by atoms with van der Waals surface area (Å²) in [6.07, 6.45) is 2.55. The molecule has 2 fully saturated rings. The second-order valence-electron chi connectivity index (χ2n) is 7.46. The molecule has 5 unspecified atom stereocenters. The first-order chi connectivity index (χ1) is 12.3. The minimum absolute atomic E-state index is 0.0636. The second kappa shape index (κ2) is 8.81. The van der Waals surface area contributed by atoms with Crippen molar-refractivity contribution in [3.05, 3.63) is 0 Å². The first kappa shape index (κ1) is 20.6. The van der Waals surface area contributed by atoms with Crippen molar-refractivity contribution in [3.8, 4) is 0 Å². The molecule has 4 N–H and O–H groups in total. The molecule has 0 radical (unpaired) electrons. The highest BCUT2D eigenvalue weighted by Gasteiger charge is 2.43. The molecule has 3 amide bonds. The largest absolute Gasteiger partial charge is 0.391 e. The van der Waals surface area contributed by atoms with Gasteiger partial charge in [0.1, 0.15) is 18.1 Å². The molecular formula is C18H32N4O4. The van der Waals surface area contributed by atoms with Gasteiger partial charge in [-0.05, 0) is 46.0 Å². The molecule has 0 aromatic rings. The molecule has 0 aromatic carbocycles. The third-order valence-corrected chi connectivity index (χ3v) is 5.47. The van der Waals surface area contributed by atoms with Gasteiger partial charge in [0.05, 0.1) is 6.10 Å². The summed E-state index contributed by atoms with van der Waals surface area (Å²) in [6.45, 7) is 6.38. The fourth-order valence-electron chi connectivity index (χ4n) is 3.62. The van der Waals surface area contributed by atoms with Crippen LogP contribution < -0.4 is 11.1 Å². The summed E-state index contributed by atoms with van der Waals surface area (Å²) in [5.74, 6) is -0.715. The maximum Gasteiger partial charge on any atom is 0.246 e. The van der Waals surface area contributed by atoms with E-state index in [1.54, 1.807) is 4.90 Å². The molecule has 2 saturated heterocycles. The normalized spacial score (nSPS) is 26.5. The van der Waals surface area contributed by atoms with Crippen molar-refractivity contribution >= 4 is 17.7 Å². The van der Waals surface area contributed by atoms with Crippen LogP contribution in [0.5, 0.6) is 0 Å². The van der Waals surface area contributed by atoms with Gasteiger partial charge in [0.25, 0.3) is 0 Å². The van der Waals surface area contributed by atoms with Crippen molar-refractivity contribution in [2.24, 2.45) is 5.73 Å². The Morgan fingerprint density at radius 2 is 1.69 bits per heavy atom. The zero-order valence-electron chi connectivity index (χ0n) is 16.0. The van der Waals surface area contributed by atoms with Crippen molar-refractivity contribution in [2.75, 3.05) is 13.1 Å². The lowest BCUT2D eigenvalue weighted by atomic mass is 10.1. The van der Waals surface area contributed by atoms with Crippen LogP contribution in [0.1, 0.15) is 52.9 Å². The SMILES string of the molecule is CCC(C)NC(=O)C1CCCN1C(=O)C1CCCN1C(=O)C(N)C(C)O. The predicted octanol–water partition coefficient (Wildman–Crippen LogP) is -0.409. The standard InChI is InChI=1S/C18H32N4O4/c1-4-11(2)20-16(24)13-7-5-9-21(13)17(25)14-8-6-10-22(14)18(26)15(19)12(3)23/h11-15,23H,4-10,19H2,1-3H3,(H,20,24). The molecule has 0 spiro atoms. The van der Waals surface area contributed by atoms with Crippen molar-refractivity contribution < 1.29 is 19.5 Å². The number of aliphatic hydroxyl groups is 1. The lowest BCUT2D eigenvalue weighted by Crippen LogP contribution is -2.57. The summed E-state index contributed by atoms with van der Waals surface area (Å²) in [7, 11) is 0. The number of aliphatic hydroxyl groups excluding tert-OH is 1. The quantitative estimate of drug-likeness (QED) is 0.589. The first-order valence-electron chi connectivity index (χ1n) is 9.62. The number of carbonyl (C=O) groups is 3. The Kier molecular flexibility index (Phi) is 7.00. The second-order valence-corrected chi connectivity index (χ2v) is 7.46. The zero-order valence-corrected chi connectivity index (χ0v) is 16.0. The number of hydrogen-bond acceptors (Lipinski definition) is 5. The van der Waals surface area contributed by atoms with Crippen LogP contribution in [0, 0.1) is 0 Å². The maximum atomic E-state index is 13.1. The maximum absolute atomic E-state index is 13.1. The molecule has 2 rings (SSSR count). The Morgan fingerprint density at radius 3 is 2.27 bits per heavy atom. The molecule has 2 aliphatic rings. The highest BCUT2D eigenvalue weighted by Crippen LogP contribution is 2.25. The van der Waals surface area contributed by atoms with Crippen LogP contribution in [0.15, 0.2) is 0 Å². The Labute approximate surface area is 155 Å². The third kappa shape index (κ3) is 4.35. The van der Waals surface area contributed by atoms with Crippen LogP contribution in [-0.2, 0) is 14.4 Å². The molecule has 0 saturated carbocycles. The van der Waals surface area contributed by atoms with Gasteiger partial charge < -0.3 is 26.0 Å². The number of carbonyl (C=O) groups excluding carboxylic acids is 3. The summed E-state index contributed by atoms with van der Waals surface area (Å²) in [5, 5.41) is 12.5. The van der Waals surface area contributed by atoms with Gasteiger partial charge in [-0.3, -0.25) is 14.4 Å². The summed E-state index contributed by atoms with van der Waals surface area (Å²) < 4.78 is 0. The number of nitrogens with zero attached hydrogens (tertiary/aromatic N) is 2. The third-order valence-electron chi connectivity index (χ3n) is 5.47. The zero-order chi connectivity index (χ0) is 19.4. The van der Waals surface area contributed by atoms with Gasteiger partial charge in [0, 0.05) is 19.1 Å². The molecule has 26 heavy (non-hydrogen) atoms. The van der Waals surface area contributed by atoms with E-state index < -0.39 is 30.1 Å². The molecule has 0 aromatic heterocycles. The number of likely N-dealkylation sites (tertiary alicyclic amines) is 2. The molecule has 148 valence electrons. The van der Waals surface area contributed by atoms with Crippen molar-refractivity contribution in [2.45, 2.75) is 83.1 Å². The van der Waals surface area contributed by atoms with Crippen molar-refractivity contribution in [1.29, 1.82) is 0 Å². The molecule has 0 bridgehead atoms. The smallest absolute Gasteiger partial charge is 0.246 e. The molecule has 2 heterocycles. The van der Waals surface area contributed by atoms with E-state index in [-0.39, 0.29) is 17.9 Å². The predicted molar refractivity (Wildman–Crippen MR) is 97.0 cm³/mol. The molecule has 0 aliphatic carbocycles. The Bertz CT molecular complexity index is 539. The minimum atomic E-state index is -1.04. The number of rotatable bonds is 6. The Balaban J connectivity index is 2.08. The van der Waals surface area contributed by atoms with E-state index in [0.717, 1.165) is 12.8 Å². The summed E-state index contributed by atoms with van der Waals surface area (Å²) in [5.41, 5.74) is 5.77. The summed E-state index contributed by atoms with van der Waals surface area (Å²) in [4.78, 5) is 41.2. The summed E-state index contributed by atoms with van der Waals surface area (Å²) in [6, 6.07) is -2.04. The van der Waals surface area contributed by atoms with Crippen LogP contribution >= 0.6 is 0 Å². The van der Waals surface area contributed by atoms with Gasteiger partial charge in [-0.2, -0.15) is 0 Å². The van der Waals surface area contributed by atoms with E-state index in [9.17, 15) is 19.5 Å². The van der Waals surface area contributed by atoms with E-state index in [1.807, 2.05) is 13.8 Å². The van der Waals surface area contributed by atoms with Crippen LogP contribution in [0.4, 0.5) is 0 Å². The topological polar surface area (TPSA) is 116 Å². The summed E-state index contributed by atoms with van der Waals surface area (Å²) >= 11 is 0. The van der Waals surface area contributed by atoms with E-state index in [0.29, 0.717) is 32.4 Å². The fraction of sp³-hybridized carbons (Fsp3) is 0.833. The van der Waals surface area contributed by atoms with Crippen molar-refractivity contribution in [3.63, 3.8) is 0 Å². The van der Waals surface area contributed by atoms with E-state index in [2.05, 4.69) is 5.32 Å². The van der Waals surface area contributed by atoms with Crippen LogP contribution in [0.3, 0.4) is 0 Å². The highest BCUT2D eigenvalue weighted by molar-refractivity contribution is 5.94. The van der Waals surface area contributed by atoms with Crippen LogP contribution in [0.2, 0.25) is 0 Å². The Hall–Kier alpha value is -1.67. The van der Waals surface area contributed by atoms with Gasteiger partial charge in [-0.25, -0.2) is 0 Å². The number of amides is 3. The molecular weight excluding hydrogens is 336 g/mol.